The maximum absolute atomic E-state index is 4.85. The zero-order valence-electron chi connectivity index (χ0n) is 26.8. The van der Waals surface area contributed by atoms with Crippen molar-refractivity contribution in [3.05, 3.63) is 171 Å². The summed E-state index contributed by atoms with van der Waals surface area (Å²) >= 11 is 0. The first-order valence-electron chi connectivity index (χ1n) is 16.6. The van der Waals surface area contributed by atoms with E-state index in [9.17, 15) is 0 Å². The maximum atomic E-state index is 4.85. The van der Waals surface area contributed by atoms with Crippen LogP contribution in [0.3, 0.4) is 0 Å². The minimum absolute atomic E-state index is 0.972. The van der Waals surface area contributed by atoms with Crippen molar-refractivity contribution < 1.29 is 0 Å². The molecule has 0 radical (unpaired) electrons. The Hall–Kier alpha value is -6.92. The van der Waals surface area contributed by atoms with Gasteiger partial charge in [-0.05, 0) is 101 Å². The van der Waals surface area contributed by atoms with Gasteiger partial charge in [-0.25, -0.2) is 0 Å². The molecule has 6 heterocycles. The van der Waals surface area contributed by atoms with Gasteiger partial charge in [-0.1, -0.05) is 48.5 Å². The van der Waals surface area contributed by atoms with E-state index in [1.165, 1.54) is 5.39 Å². The molecular weight excluding hydrogens is 613 g/mol. The molecule has 0 atom stereocenters. The molecule has 4 aromatic carbocycles. The zero-order valence-corrected chi connectivity index (χ0v) is 26.8. The van der Waals surface area contributed by atoms with Crippen molar-refractivity contribution in [3.8, 4) is 44.8 Å². The molecule has 0 saturated heterocycles. The Balaban J connectivity index is 1.13. The van der Waals surface area contributed by atoms with E-state index in [0.717, 1.165) is 83.1 Å². The molecular formula is C44H28N6. The summed E-state index contributed by atoms with van der Waals surface area (Å²) in [6.45, 7) is 0. The van der Waals surface area contributed by atoms with Gasteiger partial charge in [-0.2, -0.15) is 0 Å². The smallest absolute Gasteiger partial charge is 0.0963 e. The molecule has 10 aromatic rings. The highest BCUT2D eigenvalue weighted by atomic mass is 15.0. The molecule has 0 aliphatic heterocycles. The lowest BCUT2D eigenvalue weighted by molar-refractivity contribution is 1.13. The van der Waals surface area contributed by atoms with Crippen molar-refractivity contribution >= 4 is 43.7 Å². The van der Waals surface area contributed by atoms with Gasteiger partial charge in [0.05, 0.1) is 33.8 Å². The second-order valence-electron chi connectivity index (χ2n) is 12.5. The third-order valence-corrected chi connectivity index (χ3v) is 9.62. The molecule has 0 saturated carbocycles. The van der Waals surface area contributed by atoms with Gasteiger partial charge in [-0.3, -0.25) is 19.9 Å². The Labute approximate surface area is 287 Å². The van der Waals surface area contributed by atoms with Crippen molar-refractivity contribution in [2.24, 2.45) is 0 Å². The van der Waals surface area contributed by atoms with Crippen molar-refractivity contribution in [2.75, 3.05) is 0 Å². The number of pyridine rings is 4. The lowest BCUT2D eigenvalue weighted by Crippen LogP contribution is -1.98. The Morgan fingerprint density at radius 2 is 0.920 bits per heavy atom. The van der Waals surface area contributed by atoms with Gasteiger partial charge in [0.15, 0.2) is 0 Å². The van der Waals surface area contributed by atoms with Crippen LogP contribution in [0.4, 0.5) is 0 Å². The Bertz CT molecular complexity index is 2870. The molecule has 0 spiro atoms. The van der Waals surface area contributed by atoms with Crippen molar-refractivity contribution in [1.29, 1.82) is 0 Å². The van der Waals surface area contributed by atoms with Crippen LogP contribution in [-0.2, 0) is 0 Å². The van der Waals surface area contributed by atoms with E-state index in [2.05, 4.69) is 133 Å². The number of nitrogens with zero attached hydrogens (tertiary/aromatic N) is 6. The van der Waals surface area contributed by atoms with Crippen LogP contribution < -0.4 is 0 Å². The number of benzene rings is 4. The number of hydrogen-bond donors (Lipinski definition) is 0. The summed E-state index contributed by atoms with van der Waals surface area (Å²) in [6.07, 6.45) is 13.1. The third-order valence-electron chi connectivity index (χ3n) is 9.62. The van der Waals surface area contributed by atoms with E-state index in [4.69, 9.17) is 4.98 Å². The first-order valence-corrected chi connectivity index (χ1v) is 16.6. The quantitative estimate of drug-likeness (QED) is 0.188. The average molecular weight is 641 g/mol. The van der Waals surface area contributed by atoms with E-state index in [-0.39, 0.29) is 0 Å². The van der Waals surface area contributed by atoms with Crippen LogP contribution in [0.15, 0.2) is 171 Å². The summed E-state index contributed by atoms with van der Waals surface area (Å²) in [5.41, 5.74) is 14.2. The summed E-state index contributed by atoms with van der Waals surface area (Å²) in [6, 6.07) is 45.2. The maximum Gasteiger partial charge on any atom is 0.0963 e. The fraction of sp³-hybridized carbons (Fsp3) is 0. The highest BCUT2D eigenvalue weighted by Crippen LogP contribution is 2.38. The highest BCUT2D eigenvalue weighted by Gasteiger charge is 2.17. The molecule has 0 N–H and O–H groups in total. The molecule has 0 amide bonds. The van der Waals surface area contributed by atoms with Crippen LogP contribution in [0.1, 0.15) is 0 Å². The molecule has 6 aromatic heterocycles. The second kappa shape index (κ2) is 11.4. The predicted octanol–water partition coefficient (Wildman–Crippen LogP) is 10.5. The number of aromatic nitrogens is 6. The van der Waals surface area contributed by atoms with Gasteiger partial charge >= 0.3 is 0 Å². The van der Waals surface area contributed by atoms with Crippen LogP contribution in [0, 0.1) is 0 Å². The molecule has 0 aliphatic rings. The Morgan fingerprint density at radius 3 is 1.66 bits per heavy atom. The average Bonchev–Trinajstić information content (AvgIpc) is 3.71. The first-order chi connectivity index (χ1) is 24.8. The molecule has 10 rings (SSSR count). The molecule has 6 heteroatoms. The van der Waals surface area contributed by atoms with Gasteiger partial charge in [0, 0.05) is 75.8 Å². The predicted molar refractivity (Wildman–Crippen MR) is 203 cm³/mol. The van der Waals surface area contributed by atoms with Crippen LogP contribution in [-0.4, -0.2) is 29.1 Å². The van der Waals surface area contributed by atoms with Crippen molar-refractivity contribution in [3.63, 3.8) is 0 Å². The highest BCUT2D eigenvalue weighted by molar-refractivity contribution is 6.11. The van der Waals surface area contributed by atoms with Gasteiger partial charge in [0.1, 0.15) is 0 Å². The molecule has 0 fully saturated rings. The van der Waals surface area contributed by atoms with Gasteiger partial charge < -0.3 is 9.13 Å². The fourth-order valence-electron chi connectivity index (χ4n) is 7.34. The minimum Gasteiger partial charge on any atom is -0.308 e. The largest absolute Gasteiger partial charge is 0.308 e. The third kappa shape index (κ3) is 4.50. The summed E-state index contributed by atoms with van der Waals surface area (Å²) in [5, 5.41) is 3.45. The van der Waals surface area contributed by atoms with Crippen LogP contribution in [0.25, 0.3) is 88.5 Å². The van der Waals surface area contributed by atoms with E-state index in [0.29, 0.717) is 0 Å². The molecule has 234 valence electrons. The van der Waals surface area contributed by atoms with E-state index in [1.54, 1.807) is 12.4 Å². The van der Waals surface area contributed by atoms with Gasteiger partial charge in [-0.15, -0.1) is 0 Å². The van der Waals surface area contributed by atoms with Crippen LogP contribution >= 0.6 is 0 Å². The number of rotatable bonds is 5. The van der Waals surface area contributed by atoms with Crippen LogP contribution in [0.5, 0.6) is 0 Å². The lowest BCUT2D eigenvalue weighted by Gasteiger charge is -2.13. The molecule has 6 nitrogen and oxygen atoms in total. The van der Waals surface area contributed by atoms with Gasteiger partial charge in [0.2, 0.25) is 0 Å². The Kier molecular flexibility index (Phi) is 6.39. The SMILES string of the molecule is c1cncc(-c2cccc(-c3ccc4c(c3)c3ccncc3n4-c3cccc(-n4c5ccc(-c6cccnc6)cc5c5ncccc54)c3)c2)c1. The van der Waals surface area contributed by atoms with Crippen molar-refractivity contribution in [2.45, 2.75) is 0 Å². The normalized spacial score (nSPS) is 11.6. The zero-order chi connectivity index (χ0) is 33.0. The van der Waals surface area contributed by atoms with E-state index in [1.807, 2.05) is 49.2 Å². The summed E-state index contributed by atoms with van der Waals surface area (Å²) in [4.78, 5) is 18.1. The van der Waals surface area contributed by atoms with Crippen molar-refractivity contribution in [1.82, 2.24) is 29.1 Å². The summed E-state index contributed by atoms with van der Waals surface area (Å²) in [5.74, 6) is 0. The lowest BCUT2D eigenvalue weighted by atomic mass is 9.99. The molecule has 0 aliphatic carbocycles. The number of fused-ring (bicyclic) bond motifs is 6. The fourth-order valence-corrected chi connectivity index (χ4v) is 7.34. The van der Waals surface area contributed by atoms with E-state index < -0.39 is 0 Å². The van der Waals surface area contributed by atoms with Crippen LogP contribution in [0.2, 0.25) is 0 Å². The standard InChI is InChI=1S/C44H28N6/c1-6-29(22-30(7-1)33-8-3-18-45-26-33)31-13-15-40-38(23-31)37-17-21-47-28-43(37)50(40)36-11-2-10-35(25-36)49-41-16-14-32(34-9-4-19-46-27-34)24-39(41)44-42(49)12-5-20-48-44/h1-28H. The molecule has 0 unspecified atom stereocenters. The van der Waals surface area contributed by atoms with Gasteiger partial charge in [0.25, 0.3) is 0 Å². The van der Waals surface area contributed by atoms with E-state index >= 15 is 0 Å². The topological polar surface area (TPSA) is 61.4 Å². The second-order valence-corrected chi connectivity index (χ2v) is 12.5. The monoisotopic (exact) mass is 640 g/mol. The summed E-state index contributed by atoms with van der Waals surface area (Å²) in [7, 11) is 0. The molecule has 0 bridgehead atoms. The molecule has 50 heavy (non-hydrogen) atoms. The summed E-state index contributed by atoms with van der Waals surface area (Å²) < 4.78 is 4.64. The number of hydrogen-bond acceptors (Lipinski definition) is 4. The minimum atomic E-state index is 0.972. The first kappa shape index (κ1) is 28.1. The Morgan fingerprint density at radius 1 is 0.340 bits per heavy atom.